The van der Waals surface area contributed by atoms with Gasteiger partial charge in [-0.3, -0.25) is 4.79 Å². The van der Waals surface area contributed by atoms with Gasteiger partial charge in [0.15, 0.2) is 0 Å². The summed E-state index contributed by atoms with van der Waals surface area (Å²) in [5.41, 5.74) is 0. The molecule has 0 aromatic carbocycles. The Morgan fingerprint density at radius 3 is 2.65 bits per heavy atom. The van der Waals surface area contributed by atoms with E-state index < -0.39 is 0 Å². The summed E-state index contributed by atoms with van der Waals surface area (Å²) in [6, 6.07) is 0. The van der Waals surface area contributed by atoms with E-state index >= 15 is 0 Å². The molecular weight excluding hydrogens is 234 g/mol. The van der Waals surface area contributed by atoms with Gasteiger partial charge in [0.1, 0.15) is 0 Å². The first kappa shape index (κ1) is 13.2. The Kier molecular flexibility index (Phi) is 4.03. The molecule has 17 heavy (non-hydrogen) atoms. The van der Waals surface area contributed by atoms with Gasteiger partial charge in [-0.2, -0.15) is 0 Å². The largest absolute Gasteiger partial charge is 0.379 e. The van der Waals surface area contributed by atoms with Crippen molar-refractivity contribution in [1.82, 2.24) is 4.90 Å². The van der Waals surface area contributed by atoms with Crippen LogP contribution in [0.5, 0.6) is 0 Å². The minimum absolute atomic E-state index is 0.0983. The Morgan fingerprint density at radius 2 is 2.18 bits per heavy atom. The van der Waals surface area contributed by atoms with E-state index in [0.29, 0.717) is 11.8 Å². The number of ether oxygens (including phenoxy) is 1. The monoisotopic (exact) mass is 257 g/mol. The fraction of sp³-hybridized carbons (Fsp3) is 0.923. The highest BCUT2D eigenvalue weighted by Crippen LogP contribution is 2.44. The highest BCUT2D eigenvalue weighted by atomic mass is 32.2. The van der Waals surface area contributed by atoms with Gasteiger partial charge in [0.25, 0.3) is 0 Å². The van der Waals surface area contributed by atoms with E-state index in [0.717, 1.165) is 32.4 Å². The van der Waals surface area contributed by atoms with Gasteiger partial charge in [0, 0.05) is 20.2 Å². The molecule has 0 bridgehead atoms. The van der Waals surface area contributed by atoms with E-state index in [9.17, 15) is 4.79 Å². The zero-order valence-corrected chi connectivity index (χ0v) is 11.9. The van der Waals surface area contributed by atoms with Crippen molar-refractivity contribution >= 4 is 17.7 Å². The van der Waals surface area contributed by atoms with Crippen molar-refractivity contribution in [3.05, 3.63) is 0 Å². The predicted octanol–water partition coefficient (Wildman–Crippen LogP) is 2.16. The van der Waals surface area contributed by atoms with Gasteiger partial charge in [-0.15, -0.1) is 11.8 Å². The van der Waals surface area contributed by atoms with Crippen molar-refractivity contribution in [3.8, 4) is 0 Å². The molecule has 0 N–H and O–H groups in total. The first-order valence-electron chi connectivity index (χ1n) is 6.50. The molecule has 1 aliphatic heterocycles. The Hall–Kier alpha value is -0.220. The van der Waals surface area contributed by atoms with Gasteiger partial charge in [-0.25, -0.2) is 0 Å². The number of amides is 1. The molecule has 0 radical (unpaired) electrons. The van der Waals surface area contributed by atoms with E-state index in [-0.39, 0.29) is 10.9 Å². The van der Waals surface area contributed by atoms with Gasteiger partial charge in [0.2, 0.25) is 5.91 Å². The Balaban J connectivity index is 2.00. The molecule has 2 unspecified atom stereocenters. The fourth-order valence-corrected chi connectivity index (χ4v) is 3.82. The normalized spacial score (nSPS) is 32.1. The van der Waals surface area contributed by atoms with E-state index in [1.165, 1.54) is 6.42 Å². The smallest absolute Gasteiger partial charge is 0.238 e. The summed E-state index contributed by atoms with van der Waals surface area (Å²) in [6.07, 6.45) is 6.65. The number of nitrogens with zero attached hydrogens (tertiary/aromatic N) is 1. The van der Waals surface area contributed by atoms with Crippen molar-refractivity contribution in [2.75, 3.05) is 26.5 Å². The average Bonchev–Trinajstić information content (AvgIpc) is 2.29. The lowest BCUT2D eigenvalue weighted by atomic mass is 9.82. The van der Waals surface area contributed by atoms with Crippen LogP contribution in [-0.4, -0.2) is 48.1 Å². The van der Waals surface area contributed by atoms with Crippen LogP contribution in [0.4, 0.5) is 0 Å². The molecule has 4 heteroatoms. The number of piperidine rings is 1. The van der Waals surface area contributed by atoms with Gasteiger partial charge >= 0.3 is 0 Å². The second kappa shape index (κ2) is 5.19. The number of carbonyl (C=O) groups excluding carboxylic acids is 1. The Bertz CT molecular complexity index is 286. The molecule has 1 aliphatic carbocycles. The molecule has 1 heterocycles. The maximum atomic E-state index is 12.6. The fourth-order valence-electron chi connectivity index (χ4n) is 2.82. The van der Waals surface area contributed by atoms with Gasteiger partial charge < -0.3 is 9.64 Å². The van der Waals surface area contributed by atoms with Crippen LogP contribution < -0.4 is 0 Å². The standard InChI is InChI=1S/C13H23NO2S/c1-10-5-8-14(9-11(10)16-2)12(15)13(17-3)6-4-7-13/h10-11H,4-9H2,1-3H3. The van der Waals surface area contributed by atoms with E-state index in [4.69, 9.17) is 4.74 Å². The lowest BCUT2D eigenvalue weighted by Crippen LogP contribution is -2.55. The lowest BCUT2D eigenvalue weighted by molar-refractivity contribution is -0.141. The number of carbonyl (C=O) groups is 1. The van der Waals surface area contributed by atoms with Crippen molar-refractivity contribution in [2.24, 2.45) is 5.92 Å². The number of hydrogen-bond acceptors (Lipinski definition) is 3. The zero-order chi connectivity index (χ0) is 12.5. The third-order valence-corrected chi connectivity index (χ3v) is 5.79. The van der Waals surface area contributed by atoms with Crippen LogP contribution >= 0.6 is 11.8 Å². The Morgan fingerprint density at radius 1 is 1.47 bits per heavy atom. The minimum Gasteiger partial charge on any atom is -0.379 e. The second-order valence-corrected chi connectivity index (χ2v) is 6.53. The van der Waals surface area contributed by atoms with Gasteiger partial charge in [0.05, 0.1) is 10.9 Å². The predicted molar refractivity (Wildman–Crippen MR) is 71.3 cm³/mol. The number of rotatable bonds is 3. The SMILES string of the molecule is COC1CN(C(=O)C2(SC)CCC2)CCC1C. The van der Waals surface area contributed by atoms with Crippen LogP contribution in [0, 0.1) is 5.92 Å². The van der Waals surface area contributed by atoms with Crippen LogP contribution in [-0.2, 0) is 9.53 Å². The summed E-state index contributed by atoms with van der Waals surface area (Å²) >= 11 is 1.74. The highest BCUT2D eigenvalue weighted by Gasteiger charge is 2.46. The van der Waals surface area contributed by atoms with Crippen LogP contribution in [0.3, 0.4) is 0 Å². The molecule has 2 atom stereocenters. The van der Waals surface area contributed by atoms with Crippen molar-refractivity contribution in [2.45, 2.75) is 43.5 Å². The number of hydrogen-bond donors (Lipinski definition) is 0. The molecule has 98 valence electrons. The number of thioether (sulfide) groups is 1. The van der Waals surface area contributed by atoms with E-state index in [1.54, 1.807) is 18.9 Å². The highest BCUT2D eigenvalue weighted by molar-refractivity contribution is 8.00. The van der Waals surface area contributed by atoms with E-state index in [2.05, 4.69) is 13.2 Å². The molecule has 0 spiro atoms. The average molecular weight is 257 g/mol. The molecule has 1 amide bonds. The molecule has 0 aromatic heterocycles. The second-order valence-electron chi connectivity index (χ2n) is 5.34. The molecule has 2 rings (SSSR count). The summed E-state index contributed by atoms with van der Waals surface area (Å²) in [6.45, 7) is 3.89. The van der Waals surface area contributed by atoms with Crippen LogP contribution in [0.2, 0.25) is 0 Å². The zero-order valence-electron chi connectivity index (χ0n) is 11.1. The molecule has 2 aliphatic rings. The number of likely N-dealkylation sites (tertiary alicyclic amines) is 1. The van der Waals surface area contributed by atoms with E-state index in [1.807, 2.05) is 4.90 Å². The molecule has 3 nitrogen and oxygen atoms in total. The first-order chi connectivity index (χ1) is 8.13. The maximum Gasteiger partial charge on any atom is 0.238 e. The third-order valence-electron chi connectivity index (χ3n) is 4.42. The molecule has 1 saturated carbocycles. The summed E-state index contributed by atoms with van der Waals surface area (Å²) in [5, 5.41) is 0. The first-order valence-corrected chi connectivity index (χ1v) is 7.73. The maximum absolute atomic E-state index is 12.6. The van der Waals surface area contributed by atoms with Crippen molar-refractivity contribution < 1.29 is 9.53 Å². The minimum atomic E-state index is -0.0983. The molecule has 2 fully saturated rings. The van der Waals surface area contributed by atoms with Crippen molar-refractivity contribution in [1.29, 1.82) is 0 Å². The molecule has 0 aromatic rings. The third kappa shape index (κ3) is 2.34. The quantitative estimate of drug-likeness (QED) is 0.776. The Labute approximate surface area is 108 Å². The van der Waals surface area contributed by atoms with Gasteiger partial charge in [-0.1, -0.05) is 6.92 Å². The van der Waals surface area contributed by atoms with Crippen molar-refractivity contribution in [3.63, 3.8) is 0 Å². The van der Waals surface area contributed by atoms with Crippen LogP contribution in [0.1, 0.15) is 32.6 Å². The topological polar surface area (TPSA) is 29.5 Å². The summed E-state index contributed by atoms with van der Waals surface area (Å²) in [4.78, 5) is 14.6. The van der Waals surface area contributed by atoms with Crippen LogP contribution in [0.15, 0.2) is 0 Å². The summed E-state index contributed by atoms with van der Waals surface area (Å²) in [7, 11) is 1.75. The van der Waals surface area contributed by atoms with Crippen LogP contribution in [0.25, 0.3) is 0 Å². The van der Waals surface area contributed by atoms with Gasteiger partial charge in [-0.05, 0) is 37.9 Å². The molecule has 1 saturated heterocycles. The number of methoxy groups -OCH3 is 1. The molecular formula is C13H23NO2S. The lowest BCUT2D eigenvalue weighted by Gasteiger charge is -2.45. The summed E-state index contributed by atoms with van der Waals surface area (Å²) < 4.78 is 5.38. The summed E-state index contributed by atoms with van der Waals surface area (Å²) in [5.74, 6) is 0.917.